The number of nitrogens with zero attached hydrogens (tertiary/aromatic N) is 1. The van der Waals surface area contributed by atoms with Gasteiger partial charge in [-0.25, -0.2) is 13.1 Å². The first-order chi connectivity index (χ1) is 9.58. The standard InChI is InChI=1S/C14H25N3O2S/c1-3-4-5-8-16-20(18,19)14-9-13(10-15-2)17(11-14)12-6-7-12/h9,11-12,15-16H,3-8,10H2,1-2H3. The fourth-order valence-corrected chi connectivity index (χ4v) is 3.45. The van der Waals surface area contributed by atoms with Crippen molar-refractivity contribution in [2.45, 2.75) is 56.5 Å². The highest BCUT2D eigenvalue weighted by Crippen LogP contribution is 2.37. The molecule has 0 bridgehead atoms. The zero-order valence-electron chi connectivity index (χ0n) is 12.4. The fraction of sp³-hybridized carbons (Fsp3) is 0.714. The molecule has 1 aliphatic rings. The van der Waals surface area contributed by atoms with Gasteiger partial charge in [-0.2, -0.15) is 0 Å². The largest absolute Gasteiger partial charge is 0.346 e. The summed E-state index contributed by atoms with van der Waals surface area (Å²) in [6.45, 7) is 3.32. The highest BCUT2D eigenvalue weighted by Gasteiger charge is 2.27. The molecular weight excluding hydrogens is 274 g/mol. The molecule has 1 fully saturated rings. The molecule has 0 spiro atoms. The molecule has 1 aliphatic carbocycles. The van der Waals surface area contributed by atoms with E-state index in [1.54, 1.807) is 12.3 Å². The highest BCUT2D eigenvalue weighted by atomic mass is 32.2. The van der Waals surface area contributed by atoms with Crippen molar-refractivity contribution in [3.05, 3.63) is 18.0 Å². The van der Waals surface area contributed by atoms with Gasteiger partial charge in [0.15, 0.2) is 0 Å². The minimum Gasteiger partial charge on any atom is -0.346 e. The van der Waals surface area contributed by atoms with Crippen molar-refractivity contribution in [3.8, 4) is 0 Å². The molecule has 0 radical (unpaired) electrons. The number of aromatic nitrogens is 1. The Morgan fingerprint density at radius 3 is 2.70 bits per heavy atom. The Balaban J connectivity index is 2.08. The topological polar surface area (TPSA) is 63.1 Å². The van der Waals surface area contributed by atoms with Crippen LogP contribution < -0.4 is 10.0 Å². The van der Waals surface area contributed by atoms with E-state index >= 15 is 0 Å². The lowest BCUT2D eigenvalue weighted by molar-refractivity contribution is 0.575. The summed E-state index contributed by atoms with van der Waals surface area (Å²) in [4.78, 5) is 0.395. The molecular formula is C14H25N3O2S. The average molecular weight is 299 g/mol. The number of hydrogen-bond acceptors (Lipinski definition) is 3. The molecule has 0 aliphatic heterocycles. The summed E-state index contributed by atoms with van der Waals surface area (Å²) in [7, 11) is -1.49. The van der Waals surface area contributed by atoms with E-state index in [-0.39, 0.29) is 0 Å². The molecule has 0 atom stereocenters. The van der Waals surface area contributed by atoms with Gasteiger partial charge in [0.25, 0.3) is 0 Å². The van der Waals surface area contributed by atoms with E-state index in [0.717, 1.165) is 37.8 Å². The Morgan fingerprint density at radius 2 is 2.10 bits per heavy atom. The Bertz CT molecular complexity index is 533. The molecule has 2 N–H and O–H groups in total. The molecule has 0 saturated heterocycles. The van der Waals surface area contributed by atoms with E-state index < -0.39 is 10.0 Å². The molecule has 5 nitrogen and oxygen atoms in total. The predicted octanol–water partition coefficient (Wildman–Crippen LogP) is 2.01. The molecule has 0 aromatic carbocycles. The molecule has 114 valence electrons. The minimum atomic E-state index is -3.37. The van der Waals surface area contributed by atoms with Crippen LogP contribution in [0, 0.1) is 0 Å². The zero-order valence-corrected chi connectivity index (χ0v) is 13.2. The van der Waals surface area contributed by atoms with Gasteiger partial charge >= 0.3 is 0 Å². The first kappa shape index (κ1) is 15.5. The summed E-state index contributed by atoms with van der Waals surface area (Å²) in [6.07, 6.45) is 7.11. The van der Waals surface area contributed by atoms with Crippen molar-refractivity contribution < 1.29 is 8.42 Å². The lowest BCUT2D eigenvalue weighted by atomic mass is 10.3. The normalized spacial score (nSPS) is 15.7. The van der Waals surface area contributed by atoms with Crippen LogP contribution in [0.3, 0.4) is 0 Å². The summed E-state index contributed by atoms with van der Waals surface area (Å²) in [5.41, 5.74) is 1.05. The van der Waals surface area contributed by atoms with Crippen molar-refractivity contribution in [1.82, 2.24) is 14.6 Å². The SMILES string of the molecule is CCCCCNS(=O)(=O)c1cc(CNC)n(C2CC2)c1. The molecule has 0 amide bonds. The van der Waals surface area contributed by atoms with E-state index in [0.29, 0.717) is 24.0 Å². The Kier molecular flexibility index (Phi) is 5.23. The molecule has 1 saturated carbocycles. The third kappa shape index (κ3) is 3.84. The third-order valence-electron chi connectivity index (χ3n) is 3.59. The maximum atomic E-state index is 12.3. The van der Waals surface area contributed by atoms with Crippen LogP contribution in [0.4, 0.5) is 0 Å². The van der Waals surface area contributed by atoms with Crippen LogP contribution in [0.2, 0.25) is 0 Å². The van der Waals surface area contributed by atoms with Crippen LogP contribution >= 0.6 is 0 Å². The van der Waals surface area contributed by atoms with Crippen LogP contribution in [0.5, 0.6) is 0 Å². The second-order valence-electron chi connectivity index (χ2n) is 5.44. The van der Waals surface area contributed by atoms with Crippen molar-refractivity contribution >= 4 is 10.0 Å². The van der Waals surface area contributed by atoms with E-state index in [1.807, 2.05) is 7.05 Å². The predicted molar refractivity (Wildman–Crippen MR) is 80.2 cm³/mol. The number of unbranched alkanes of at least 4 members (excludes halogenated alkanes) is 2. The number of sulfonamides is 1. The van der Waals surface area contributed by atoms with Crippen molar-refractivity contribution in [2.75, 3.05) is 13.6 Å². The van der Waals surface area contributed by atoms with Crippen LogP contribution in [-0.2, 0) is 16.6 Å². The third-order valence-corrected chi connectivity index (χ3v) is 5.02. The van der Waals surface area contributed by atoms with Gasteiger partial charge in [0.05, 0.1) is 4.90 Å². The van der Waals surface area contributed by atoms with Gasteiger partial charge in [-0.15, -0.1) is 0 Å². The molecule has 1 aromatic rings. The lowest BCUT2D eigenvalue weighted by Gasteiger charge is -2.05. The Morgan fingerprint density at radius 1 is 1.35 bits per heavy atom. The Labute approximate surface area is 121 Å². The van der Waals surface area contributed by atoms with Gasteiger partial charge in [0.2, 0.25) is 10.0 Å². The summed E-state index contributed by atoms with van der Waals surface area (Å²) in [5, 5.41) is 3.10. The van der Waals surface area contributed by atoms with E-state index in [9.17, 15) is 8.42 Å². The van der Waals surface area contributed by atoms with E-state index in [4.69, 9.17) is 0 Å². The molecule has 1 heterocycles. The van der Waals surface area contributed by atoms with E-state index in [2.05, 4.69) is 21.5 Å². The average Bonchev–Trinajstić information content (AvgIpc) is 3.16. The smallest absolute Gasteiger partial charge is 0.242 e. The van der Waals surface area contributed by atoms with Gasteiger partial charge in [0.1, 0.15) is 0 Å². The lowest BCUT2D eigenvalue weighted by Crippen LogP contribution is -2.24. The highest BCUT2D eigenvalue weighted by molar-refractivity contribution is 7.89. The van der Waals surface area contributed by atoms with Gasteiger partial charge in [-0.05, 0) is 32.4 Å². The van der Waals surface area contributed by atoms with Gasteiger partial charge in [-0.3, -0.25) is 0 Å². The summed E-state index contributed by atoms with van der Waals surface area (Å²) in [5.74, 6) is 0. The Hall–Kier alpha value is -0.850. The second kappa shape index (κ2) is 6.74. The molecule has 0 unspecified atom stereocenters. The first-order valence-corrected chi connectivity index (χ1v) is 8.92. The van der Waals surface area contributed by atoms with Gasteiger partial charge in [-0.1, -0.05) is 19.8 Å². The molecule has 2 rings (SSSR count). The summed E-state index contributed by atoms with van der Waals surface area (Å²) in [6, 6.07) is 2.28. The molecule has 1 aromatic heterocycles. The van der Waals surface area contributed by atoms with Gasteiger partial charge in [0, 0.05) is 31.0 Å². The van der Waals surface area contributed by atoms with Crippen molar-refractivity contribution in [1.29, 1.82) is 0 Å². The van der Waals surface area contributed by atoms with Crippen LogP contribution in [0.25, 0.3) is 0 Å². The molecule has 6 heteroatoms. The number of nitrogens with one attached hydrogen (secondary N) is 2. The van der Waals surface area contributed by atoms with Crippen LogP contribution in [-0.4, -0.2) is 26.6 Å². The van der Waals surface area contributed by atoms with Crippen LogP contribution in [0.1, 0.15) is 50.8 Å². The van der Waals surface area contributed by atoms with Crippen LogP contribution in [0.15, 0.2) is 17.2 Å². The molecule has 20 heavy (non-hydrogen) atoms. The number of hydrogen-bond donors (Lipinski definition) is 2. The summed E-state index contributed by atoms with van der Waals surface area (Å²) < 4.78 is 29.3. The van der Waals surface area contributed by atoms with Crippen molar-refractivity contribution in [3.63, 3.8) is 0 Å². The zero-order chi connectivity index (χ0) is 14.6. The maximum Gasteiger partial charge on any atom is 0.242 e. The number of rotatable bonds is 9. The van der Waals surface area contributed by atoms with Crippen molar-refractivity contribution in [2.24, 2.45) is 0 Å². The fourth-order valence-electron chi connectivity index (χ4n) is 2.32. The summed E-state index contributed by atoms with van der Waals surface area (Å²) >= 11 is 0. The minimum absolute atomic E-state index is 0.395. The quantitative estimate of drug-likeness (QED) is 0.686. The first-order valence-electron chi connectivity index (χ1n) is 7.43. The van der Waals surface area contributed by atoms with E-state index in [1.165, 1.54) is 0 Å². The maximum absolute atomic E-state index is 12.3. The monoisotopic (exact) mass is 299 g/mol. The second-order valence-corrected chi connectivity index (χ2v) is 7.21. The van der Waals surface area contributed by atoms with Gasteiger partial charge < -0.3 is 9.88 Å².